The molecule has 2 aromatic rings. The quantitative estimate of drug-likeness (QED) is 0.370. The van der Waals surface area contributed by atoms with E-state index in [0.717, 1.165) is 0 Å². The van der Waals surface area contributed by atoms with Crippen molar-refractivity contribution in [3.8, 4) is 5.75 Å². The Morgan fingerprint density at radius 3 is 2.26 bits per heavy atom. The Hall–Kier alpha value is -3.74. The summed E-state index contributed by atoms with van der Waals surface area (Å²) in [6, 6.07) is 14.0. The topological polar surface area (TPSA) is 96.3 Å². The van der Waals surface area contributed by atoms with Gasteiger partial charge in [-0.3, -0.25) is 19.3 Å². The molecule has 176 valence electrons. The number of para-hydroxylation sites is 2. The molecule has 2 aromatic carbocycles. The number of nitrogens with zero attached hydrogens (tertiary/aromatic N) is 2. The molecule has 1 N–H and O–H groups in total. The second-order valence-corrected chi connectivity index (χ2v) is 9.40. The van der Waals surface area contributed by atoms with Gasteiger partial charge in [0.25, 0.3) is 11.8 Å². The smallest absolute Gasteiger partial charge is 0.261 e. The standard InChI is InChI=1S/C27H28N2O5/c1-27(2)15-20(28-19-11-6-7-13-23(19)34-3)24(22(31)16-27)21(30)12-8-14-29-25(32)17-9-4-5-10-18(17)26(29)33/h4-7,9-11,13,30H,8,12,14-16H2,1-3H3/b24-21-,28-20?. The van der Waals surface area contributed by atoms with Crippen LogP contribution < -0.4 is 4.74 Å². The maximum Gasteiger partial charge on any atom is 0.261 e. The number of allylic oxidation sites excluding steroid dienone is 2. The fourth-order valence-corrected chi connectivity index (χ4v) is 4.55. The van der Waals surface area contributed by atoms with Crippen LogP contribution >= 0.6 is 0 Å². The van der Waals surface area contributed by atoms with E-state index in [9.17, 15) is 19.5 Å². The number of rotatable bonds is 6. The van der Waals surface area contributed by atoms with Gasteiger partial charge in [0, 0.05) is 19.4 Å². The Labute approximate surface area is 198 Å². The first-order valence-corrected chi connectivity index (χ1v) is 11.3. The van der Waals surface area contributed by atoms with Crippen LogP contribution in [-0.2, 0) is 4.79 Å². The van der Waals surface area contributed by atoms with E-state index in [1.165, 1.54) is 4.90 Å². The third-order valence-corrected chi connectivity index (χ3v) is 6.16. The van der Waals surface area contributed by atoms with E-state index in [1.54, 1.807) is 43.5 Å². The highest BCUT2D eigenvalue weighted by Gasteiger charge is 2.37. The molecule has 0 bridgehead atoms. The van der Waals surface area contributed by atoms with Crippen molar-refractivity contribution in [1.29, 1.82) is 0 Å². The highest BCUT2D eigenvalue weighted by atomic mass is 16.5. The Morgan fingerprint density at radius 1 is 1.00 bits per heavy atom. The lowest BCUT2D eigenvalue weighted by Gasteiger charge is -2.31. The summed E-state index contributed by atoms with van der Waals surface area (Å²) in [5, 5.41) is 10.9. The van der Waals surface area contributed by atoms with Crippen molar-refractivity contribution in [2.24, 2.45) is 10.4 Å². The Morgan fingerprint density at radius 2 is 1.62 bits per heavy atom. The number of aliphatic hydroxyl groups is 1. The van der Waals surface area contributed by atoms with Gasteiger partial charge in [0.15, 0.2) is 5.78 Å². The monoisotopic (exact) mass is 460 g/mol. The van der Waals surface area contributed by atoms with Crippen LogP contribution in [-0.4, -0.2) is 47.0 Å². The summed E-state index contributed by atoms with van der Waals surface area (Å²) in [6.45, 7) is 4.15. The molecule has 7 nitrogen and oxygen atoms in total. The second kappa shape index (κ2) is 9.25. The largest absolute Gasteiger partial charge is 0.511 e. The molecule has 1 aliphatic heterocycles. The Bertz CT molecular complexity index is 1190. The number of ketones is 1. The zero-order valence-corrected chi connectivity index (χ0v) is 19.6. The van der Waals surface area contributed by atoms with Crippen LogP contribution in [0.1, 0.15) is 60.2 Å². The summed E-state index contributed by atoms with van der Waals surface area (Å²) in [6.07, 6.45) is 1.31. The molecular weight excluding hydrogens is 432 g/mol. The van der Waals surface area contributed by atoms with E-state index in [4.69, 9.17) is 9.73 Å². The SMILES string of the molecule is COc1ccccc1N=C1CC(C)(C)CC(=O)/C1=C(\O)CCCN1C(=O)c2ccccc2C1=O. The first kappa shape index (κ1) is 23.4. The fraction of sp³-hybridized carbons (Fsp3) is 0.333. The van der Waals surface area contributed by atoms with E-state index in [2.05, 4.69) is 0 Å². The van der Waals surface area contributed by atoms with Gasteiger partial charge in [0.1, 0.15) is 17.2 Å². The van der Waals surface area contributed by atoms with Gasteiger partial charge < -0.3 is 9.84 Å². The van der Waals surface area contributed by atoms with E-state index in [1.807, 2.05) is 26.0 Å². The molecule has 2 amide bonds. The van der Waals surface area contributed by atoms with Crippen LogP contribution in [0.4, 0.5) is 5.69 Å². The molecule has 1 fully saturated rings. The molecule has 1 saturated carbocycles. The highest BCUT2D eigenvalue weighted by molar-refractivity contribution is 6.25. The zero-order chi connectivity index (χ0) is 24.5. The molecule has 0 radical (unpaired) electrons. The normalized spacial score (nSPS) is 20.0. The summed E-state index contributed by atoms with van der Waals surface area (Å²) in [5.41, 5.74) is 1.83. The van der Waals surface area contributed by atoms with Gasteiger partial charge in [-0.15, -0.1) is 0 Å². The number of carbonyl (C=O) groups is 3. The van der Waals surface area contributed by atoms with Crippen LogP contribution in [0.5, 0.6) is 5.75 Å². The predicted octanol–water partition coefficient (Wildman–Crippen LogP) is 5.05. The minimum atomic E-state index is -0.332. The number of fused-ring (bicyclic) bond motifs is 1. The van der Waals surface area contributed by atoms with E-state index in [0.29, 0.717) is 47.5 Å². The molecule has 0 spiro atoms. The average Bonchev–Trinajstić information content (AvgIpc) is 3.03. The lowest BCUT2D eigenvalue weighted by molar-refractivity contribution is -0.117. The van der Waals surface area contributed by atoms with E-state index >= 15 is 0 Å². The molecule has 0 atom stereocenters. The molecule has 0 saturated heterocycles. The molecule has 1 heterocycles. The van der Waals surface area contributed by atoms with Gasteiger partial charge in [0.2, 0.25) is 0 Å². The number of methoxy groups -OCH3 is 1. The van der Waals surface area contributed by atoms with Crippen molar-refractivity contribution >= 4 is 29.0 Å². The number of amides is 2. The highest BCUT2D eigenvalue weighted by Crippen LogP contribution is 2.38. The summed E-state index contributed by atoms with van der Waals surface area (Å²) in [7, 11) is 1.56. The number of benzene rings is 2. The number of imide groups is 1. The fourth-order valence-electron chi connectivity index (χ4n) is 4.55. The third-order valence-electron chi connectivity index (χ3n) is 6.16. The number of ether oxygens (including phenoxy) is 1. The number of Topliss-reactive ketones (excluding diaryl/α,β-unsaturated/α-hetero) is 1. The minimum absolute atomic E-state index is 0.0641. The van der Waals surface area contributed by atoms with Gasteiger partial charge in [-0.25, -0.2) is 4.99 Å². The molecular formula is C27H28N2O5. The lowest BCUT2D eigenvalue weighted by atomic mass is 9.73. The molecule has 2 aliphatic rings. The van der Waals surface area contributed by atoms with Crippen molar-refractivity contribution in [3.63, 3.8) is 0 Å². The van der Waals surface area contributed by atoms with Gasteiger partial charge in [-0.2, -0.15) is 0 Å². The van der Waals surface area contributed by atoms with E-state index < -0.39 is 0 Å². The van der Waals surface area contributed by atoms with Crippen molar-refractivity contribution in [2.45, 2.75) is 39.5 Å². The summed E-state index contributed by atoms with van der Waals surface area (Å²) in [5.74, 6) is -0.313. The molecule has 7 heteroatoms. The van der Waals surface area contributed by atoms with Crippen LogP contribution in [0.2, 0.25) is 0 Å². The number of hydrogen-bond acceptors (Lipinski definition) is 6. The van der Waals surface area contributed by atoms with Crippen molar-refractivity contribution < 1.29 is 24.2 Å². The summed E-state index contributed by atoms with van der Waals surface area (Å²) >= 11 is 0. The van der Waals surface area contributed by atoms with Crippen LogP contribution in [0, 0.1) is 5.41 Å². The van der Waals surface area contributed by atoms with Gasteiger partial charge in [0.05, 0.1) is 29.5 Å². The molecule has 34 heavy (non-hydrogen) atoms. The maximum absolute atomic E-state index is 13.0. The molecule has 4 rings (SSSR count). The number of carbonyl (C=O) groups excluding carboxylic acids is 3. The van der Waals surface area contributed by atoms with Crippen molar-refractivity contribution in [2.75, 3.05) is 13.7 Å². The number of aliphatic hydroxyl groups excluding tert-OH is 1. The maximum atomic E-state index is 13.0. The van der Waals surface area contributed by atoms with E-state index in [-0.39, 0.29) is 47.3 Å². The van der Waals surface area contributed by atoms with Crippen LogP contribution in [0.25, 0.3) is 0 Å². The minimum Gasteiger partial charge on any atom is -0.511 e. The van der Waals surface area contributed by atoms with Crippen molar-refractivity contribution in [1.82, 2.24) is 4.90 Å². The van der Waals surface area contributed by atoms with Crippen LogP contribution in [0.15, 0.2) is 64.9 Å². The Balaban J connectivity index is 1.56. The van der Waals surface area contributed by atoms with Crippen LogP contribution in [0.3, 0.4) is 0 Å². The first-order chi connectivity index (χ1) is 16.2. The Kier molecular flexibility index (Phi) is 6.37. The number of aliphatic imine (C=N–C) groups is 1. The average molecular weight is 461 g/mol. The zero-order valence-electron chi connectivity index (χ0n) is 19.6. The van der Waals surface area contributed by atoms with Gasteiger partial charge in [-0.05, 0) is 42.5 Å². The molecule has 1 aliphatic carbocycles. The van der Waals surface area contributed by atoms with Gasteiger partial charge in [-0.1, -0.05) is 38.1 Å². The first-order valence-electron chi connectivity index (χ1n) is 11.3. The molecule has 0 aromatic heterocycles. The number of hydrogen-bond donors (Lipinski definition) is 1. The molecule has 0 unspecified atom stereocenters. The second-order valence-electron chi connectivity index (χ2n) is 9.40. The lowest BCUT2D eigenvalue weighted by Crippen LogP contribution is -2.33. The summed E-state index contributed by atoms with van der Waals surface area (Å²) < 4.78 is 5.39. The van der Waals surface area contributed by atoms with Crippen molar-refractivity contribution in [3.05, 3.63) is 71.0 Å². The summed E-state index contributed by atoms with van der Waals surface area (Å²) in [4.78, 5) is 44.1. The predicted molar refractivity (Wildman–Crippen MR) is 129 cm³/mol. The third kappa shape index (κ3) is 4.51. The van der Waals surface area contributed by atoms with Gasteiger partial charge >= 0.3 is 0 Å².